The van der Waals surface area contributed by atoms with E-state index in [0.29, 0.717) is 7.35 Å². The van der Waals surface area contributed by atoms with Gasteiger partial charge >= 0.3 is 250 Å². The molecular weight excluding hydrogens is 675 g/mol. The van der Waals surface area contributed by atoms with Crippen LogP contribution < -0.4 is 0 Å². The van der Waals surface area contributed by atoms with Crippen molar-refractivity contribution in [3.63, 3.8) is 0 Å². The Labute approximate surface area is 248 Å². The van der Waals surface area contributed by atoms with Crippen LogP contribution in [0.2, 0.25) is 22.0 Å². The van der Waals surface area contributed by atoms with E-state index in [1.54, 1.807) is 11.1 Å². The van der Waals surface area contributed by atoms with Gasteiger partial charge in [-0.25, -0.2) is 0 Å². The van der Waals surface area contributed by atoms with Crippen molar-refractivity contribution < 1.29 is 17.1 Å². The van der Waals surface area contributed by atoms with Gasteiger partial charge in [0.05, 0.1) is 0 Å². The third-order valence-corrected chi connectivity index (χ3v) is 70.5. The Kier molecular flexibility index (Phi) is 7.19. The van der Waals surface area contributed by atoms with Crippen molar-refractivity contribution in [3.05, 3.63) is 129 Å². The van der Waals surface area contributed by atoms with Crippen molar-refractivity contribution in [1.29, 1.82) is 0 Å². The van der Waals surface area contributed by atoms with Gasteiger partial charge in [0.15, 0.2) is 0 Å². The zero-order chi connectivity index (χ0) is 29.1. The summed E-state index contributed by atoms with van der Waals surface area (Å²) in [4.78, 5) is 0. The van der Waals surface area contributed by atoms with Crippen LogP contribution in [0.15, 0.2) is 84.9 Å². The number of aryl methyl sites for hydroxylation is 2. The van der Waals surface area contributed by atoms with Gasteiger partial charge in [-0.05, 0) is 0 Å². The Morgan fingerprint density at radius 2 is 0.976 bits per heavy atom. The Morgan fingerprint density at radius 3 is 1.39 bits per heavy atom. The number of benzene rings is 4. The molecule has 4 aromatic rings. The summed E-state index contributed by atoms with van der Waals surface area (Å²) >= 11 is -3.75. The van der Waals surface area contributed by atoms with Crippen molar-refractivity contribution in [2.24, 2.45) is 0 Å². The molecule has 0 radical (unpaired) electrons. The average Bonchev–Trinajstić information content (AvgIpc) is 3.62. The molecule has 2 aliphatic carbocycles. The summed E-state index contributed by atoms with van der Waals surface area (Å²) in [6, 6.07) is 29.2. The average molecular weight is 719 g/mol. The molecule has 0 bridgehead atoms. The molecule has 0 nitrogen and oxygen atoms in total. The minimum atomic E-state index is -3.75. The molecule has 6 rings (SSSR count). The van der Waals surface area contributed by atoms with E-state index >= 15 is 0 Å². The second-order valence-corrected chi connectivity index (χ2v) is 61.1. The first-order valence-corrected chi connectivity index (χ1v) is 34.3. The maximum absolute atomic E-state index is 3.75. The van der Waals surface area contributed by atoms with Crippen LogP contribution in [-0.4, -0.2) is 5.49 Å². The quantitative estimate of drug-likeness (QED) is 0.180. The molecule has 0 amide bonds. The molecule has 0 spiro atoms. The second-order valence-electron chi connectivity index (χ2n) is 13.5. The fraction of sp³-hybridized carbons (Fsp3) is 0.282. The van der Waals surface area contributed by atoms with Gasteiger partial charge in [-0.2, -0.15) is 0 Å². The third kappa shape index (κ3) is 4.23. The van der Waals surface area contributed by atoms with E-state index in [9.17, 15) is 0 Å². The van der Waals surface area contributed by atoms with E-state index in [1.165, 1.54) is 61.7 Å². The van der Waals surface area contributed by atoms with Crippen LogP contribution in [0.3, 0.4) is 0 Å². The fourth-order valence-electron chi connectivity index (χ4n) is 8.06. The molecule has 2 heteroatoms. The van der Waals surface area contributed by atoms with E-state index in [0.717, 1.165) is 0 Å². The summed E-state index contributed by atoms with van der Waals surface area (Å²) in [5.74, 6) is 0. The van der Waals surface area contributed by atoms with E-state index in [4.69, 9.17) is 0 Å². The Balaban J connectivity index is 1.55. The van der Waals surface area contributed by atoms with Gasteiger partial charge in [0.2, 0.25) is 0 Å². The molecule has 208 valence electrons. The van der Waals surface area contributed by atoms with E-state index < -0.39 is 22.6 Å². The molecule has 2 atom stereocenters. The number of allylic oxidation sites excluding steroid dienone is 2. The molecule has 2 unspecified atom stereocenters. The first-order valence-electron chi connectivity index (χ1n) is 15.4. The van der Waals surface area contributed by atoms with Crippen molar-refractivity contribution in [2.75, 3.05) is 0 Å². The van der Waals surface area contributed by atoms with Crippen LogP contribution in [0.4, 0.5) is 0 Å². The SMILES string of the molecule is CC[Si](C)=[Hf]([CH3])([CH3])([CH]1C=Cc2c(-c3cccc(C)c3C)cccc21)[CH]1C=Cc2c(-c3cccc(C)c3C)cccc21. The van der Waals surface area contributed by atoms with E-state index in [1.807, 2.05) is 0 Å². The predicted molar refractivity (Wildman–Crippen MR) is 180 cm³/mol. The van der Waals surface area contributed by atoms with Crippen LogP contribution >= 0.6 is 0 Å². The molecule has 0 aromatic heterocycles. The summed E-state index contributed by atoms with van der Waals surface area (Å²) in [6.45, 7) is 14.2. The Hall–Kier alpha value is -2.55. The van der Waals surface area contributed by atoms with Crippen molar-refractivity contribution >= 4 is 17.6 Å². The summed E-state index contributed by atoms with van der Waals surface area (Å²) < 4.78 is 6.82. The molecule has 41 heavy (non-hydrogen) atoms. The first kappa shape index (κ1) is 28.6. The summed E-state index contributed by atoms with van der Waals surface area (Å²) in [5.41, 5.74) is 16.7. The van der Waals surface area contributed by atoms with Gasteiger partial charge in [-0.1, -0.05) is 0 Å². The molecule has 2 aliphatic rings. The van der Waals surface area contributed by atoms with E-state index in [-0.39, 0.29) is 0 Å². The van der Waals surface area contributed by atoms with Crippen LogP contribution in [0, 0.1) is 27.7 Å². The summed E-state index contributed by atoms with van der Waals surface area (Å²) in [6.07, 6.45) is 10.3. The van der Waals surface area contributed by atoms with Crippen molar-refractivity contribution in [3.8, 4) is 22.3 Å². The van der Waals surface area contributed by atoms with Gasteiger partial charge in [0.1, 0.15) is 0 Å². The molecule has 0 saturated heterocycles. The standard InChI is InChI=1S/2C17H15.C3H8Si.2CH3.Hf/c2*1-12-6-3-9-15(13(12)2)17-11-5-8-14-7-4-10-16(14)17;1-3-4-2;;;/h2*3-11H,1-2H3;3H2,1-2H3;2*1H3;. The van der Waals surface area contributed by atoms with Crippen LogP contribution in [0.25, 0.3) is 34.4 Å². The Morgan fingerprint density at radius 1 is 0.585 bits per heavy atom. The zero-order valence-corrected chi connectivity index (χ0v) is 30.7. The summed E-state index contributed by atoms with van der Waals surface area (Å²) in [5, 5.41) is 0. The molecule has 0 heterocycles. The number of hydrogen-bond acceptors (Lipinski definition) is 0. The normalized spacial score (nSPS) is 17.6. The number of hydrogen-bond donors (Lipinski definition) is 0. The molecule has 0 N–H and O–H groups in total. The van der Waals surface area contributed by atoms with Crippen LogP contribution in [0.1, 0.15) is 58.8 Å². The van der Waals surface area contributed by atoms with Crippen molar-refractivity contribution in [2.45, 2.75) is 63.9 Å². The monoisotopic (exact) mass is 720 g/mol. The topological polar surface area (TPSA) is 0 Å². The molecular formula is C39H44HfSi. The van der Waals surface area contributed by atoms with Crippen molar-refractivity contribution in [1.82, 2.24) is 0 Å². The van der Waals surface area contributed by atoms with E-state index in [2.05, 4.69) is 148 Å². The van der Waals surface area contributed by atoms with Crippen LogP contribution in [0.5, 0.6) is 0 Å². The van der Waals surface area contributed by atoms with Gasteiger partial charge in [0.25, 0.3) is 0 Å². The number of rotatable bonds is 5. The molecule has 0 saturated carbocycles. The van der Waals surface area contributed by atoms with Gasteiger partial charge in [-0.3, -0.25) is 0 Å². The third-order valence-electron chi connectivity index (χ3n) is 11.4. The molecule has 0 aliphatic heterocycles. The summed E-state index contributed by atoms with van der Waals surface area (Å²) in [7, 11) is 0. The maximum atomic E-state index is 2.85. The van der Waals surface area contributed by atoms with Gasteiger partial charge < -0.3 is 0 Å². The van der Waals surface area contributed by atoms with Gasteiger partial charge in [0, 0.05) is 0 Å². The zero-order valence-electron chi connectivity index (χ0n) is 26.1. The van der Waals surface area contributed by atoms with Crippen LogP contribution in [-0.2, 0) is 17.1 Å². The minimum absolute atomic E-state index is 0.566. The second kappa shape index (κ2) is 10.3. The molecule has 0 fully saturated rings. The Bertz CT molecular complexity index is 1720. The van der Waals surface area contributed by atoms with Gasteiger partial charge in [-0.15, -0.1) is 0 Å². The number of fused-ring (bicyclic) bond motifs is 2. The first-order chi connectivity index (χ1) is 19.6. The fourth-order valence-corrected chi connectivity index (χ4v) is 52.8. The molecule has 4 aromatic carbocycles. The predicted octanol–water partition coefficient (Wildman–Crippen LogP) is 11.5.